The van der Waals surface area contributed by atoms with Gasteiger partial charge in [-0.2, -0.15) is 0 Å². The summed E-state index contributed by atoms with van der Waals surface area (Å²) in [6.45, 7) is 3.82. The molecule has 3 aromatic rings. The molecular weight excluding hydrogens is 250 g/mol. The summed E-state index contributed by atoms with van der Waals surface area (Å²) in [6, 6.07) is 12.9. The number of hydrogen-bond acceptors (Lipinski definition) is 3. The Morgan fingerprint density at radius 2 is 1.75 bits per heavy atom. The molecule has 1 aromatic heterocycles. The fourth-order valence-corrected chi connectivity index (χ4v) is 2.33. The van der Waals surface area contributed by atoms with E-state index in [2.05, 4.69) is 4.98 Å². The molecule has 0 amide bonds. The number of nitrogens with two attached hydrogens (primary N) is 1. The molecular formula is C16H15N3O. The average molecular weight is 265 g/mol. The van der Waals surface area contributed by atoms with E-state index >= 15 is 0 Å². The van der Waals surface area contributed by atoms with Gasteiger partial charge in [-0.25, -0.2) is 4.98 Å². The molecule has 0 spiro atoms. The minimum atomic E-state index is -0.0581. The maximum absolute atomic E-state index is 12.6. The van der Waals surface area contributed by atoms with Crippen molar-refractivity contribution in [2.24, 2.45) is 0 Å². The van der Waals surface area contributed by atoms with Crippen LogP contribution in [0.4, 0.5) is 5.69 Å². The van der Waals surface area contributed by atoms with Crippen molar-refractivity contribution in [3.63, 3.8) is 0 Å². The van der Waals surface area contributed by atoms with Crippen LogP contribution in [0.2, 0.25) is 0 Å². The predicted molar refractivity (Wildman–Crippen MR) is 81.2 cm³/mol. The molecule has 0 unspecified atom stereocenters. The molecule has 0 aliphatic rings. The van der Waals surface area contributed by atoms with Crippen molar-refractivity contribution in [1.82, 2.24) is 9.55 Å². The number of anilines is 1. The first-order valence-corrected chi connectivity index (χ1v) is 6.42. The van der Waals surface area contributed by atoms with E-state index in [0.29, 0.717) is 16.9 Å². The molecule has 3 rings (SSSR count). The smallest absolute Gasteiger partial charge is 0.265 e. The molecule has 20 heavy (non-hydrogen) atoms. The van der Waals surface area contributed by atoms with E-state index in [1.807, 2.05) is 44.2 Å². The van der Waals surface area contributed by atoms with Gasteiger partial charge in [0, 0.05) is 5.69 Å². The maximum Gasteiger partial charge on any atom is 0.265 e. The maximum atomic E-state index is 12.6. The van der Waals surface area contributed by atoms with E-state index in [4.69, 9.17) is 5.73 Å². The summed E-state index contributed by atoms with van der Waals surface area (Å²) in [6.07, 6.45) is 0. The summed E-state index contributed by atoms with van der Waals surface area (Å²) in [5.74, 6) is 0.665. The summed E-state index contributed by atoms with van der Waals surface area (Å²) < 4.78 is 1.61. The molecule has 0 atom stereocenters. The van der Waals surface area contributed by atoms with Gasteiger partial charge in [0.05, 0.1) is 16.6 Å². The van der Waals surface area contributed by atoms with Crippen molar-refractivity contribution in [3.8, 4) is 5.69 Å². The number of aromatic nitrogens is 2. The van der Waals surface area contributed by atoms with Crippen LogP contribution in [0.15, 0.2) is 47.3 Å². The number of aryl methyl sites for hydroxylation is 2. The number of fused-ring (bicyclic) bond motifs is 1. The van der Waals surface area contributed by atoms with Gasteiger partial charge in [-0.15, -0.1) is 0 Å². The second kappa shape index (κ2) is 4.49. The first-order chi connectivity index (χ1) is 9.56. The lowest BCUT2D eigenvalue weighted by Crippen LogP contribution is -2.22. The average Bonchev–Trinajstić information content (AvgIpc) is 2.40. The van der Waals surface area contributed by atoms with Gasteiger partial charge in [-0.1, -0.05) is 6.07 Å². The molecule has 1 heterocycles. The highest BCUT2D eigenvalue weighted by Gasteiger charge is 2.09. The van der Waals surface area contributed by atoms with E-state index in [1.165, 1.54) is 0 Å². The van der Waals surface area contributed by atoms with E-state index in [0.717, 1.165) is 16.8 Å². The number of benzene rings is 2. The van der Waals surface area contributed by atoms with Crippen molar-refractivity contribution in [3.05, 3.63) is 64.2 Å². The van der Waals surface area contributed by atoms with Crippen molar-refractivity contribution in [2.45, 2.75) is 13.8 Å². The zero-order valence-electron chi connectivity index (χ0n) is 11.4. The zero-order chi connectivity index (χ0) is 14.3. The van der Waals surface area contributed by atoms with Crippen LogP contribution >= 0.6 is 0 Å². The topological polar surface area (TPSA) is 60.9 Å². The molecule has 2 aromatic carbocycles. The van der Waals surface area contributed by atoms with E-state index in [9.17, 15) is 4.79 Å². The molecule has 0 saturated heterocycles. The van der Waals surface area contributed by atoms with Crippen molar-refractivity contribution >= 4 is 16.6 Å². The van der Waals surface area contributed by atoms with Crippen LogP contribution < -0.4 is 11.3 Å². The quantitative estimate of drug-likeness (QED) is 0.688. The summed E-state index contributed by atoms with van der Waals surface area (Å²) >= 11 is 0. The van der Waals surface area contributed by atoms with Crippen LogP contribution in [-0.2, 0) is 0 Å². The Kier molecular flexibility index (Phi) is 2.79. The molecule has 100 valence electrons. The molecule has 0 radical (unpaired) electrons. The fourth-order valence-electron chi connectivity index (χ4n) is 2.33. The van der Waals surface area contributed by atoms with Crippen LogP contribution in [0.1, 0.15) is 11.4 Å². The van der Waals surface area contributed by atoms with Gasteiger partial charge < -0.3 is 5.73 Å². The van der Waals surface area contributed by atoms with Gasteiger partial charge in [0.2, 0.25) is 0 Å². The Morgan fingerprint density at radius 3 is 2.45 bits per heavy atom. The van der Waals surface area contributed by atoms with Crippen molar-refractivity contribution in [2.75, 3.05) is 5.73 Å². The second-order valence-electron chi connectivity index (χ2n) is 4.91. The summed E-state index contributed by atoms with van der Waals surface area (Å²) in [5.41, 5.74) is 8.90. The Labute approximate surface area is 116 Å². The highest BCUT2D eigenvalue weighted by molar-refractivity contribution is 5.78. The largest absolute Gasteiger partial charge is 0.399 e. The van der Waals surface area contributed by atoms with Gasteiger partial charge >= 0.3 is 0 Å². The van der Waals surface area contributed by atoms with Crippen LogP contribution in [0.25, 0.3) is 16.6 Å². The highest BCUT2D eigenvalue weighted by atomic mass is 16.1. The minimum absolute atomic E-state index is 0.0581. The Hall–Kier alpha value is -2.62. The van der Waals surface area contributed by atoms with Crippen LogP contribution in [0.5, 0.6) is 0 Å². The number of nitrogen functional groups attached to an aromatic ring is 1. The molecule has 0 aliphatic carbocycles. The molecule has 0 bridgehead atoms. The second-order valence-corrected chi connectivity index (χ2v) is 4.91. The van der Waals surface area contributed by atoms with Gasteiger partial charge in [0.1, 0.15) is 5.82 Å². The Balaban J connectivity index is 2.34. The standard InChI is InChI=1S/C16H15N3O/c1-10-3-8-14-15(9-10)18-11(2)19(16(14)20)13-6-4-12(17)5-7-13/h3-9H,17H2,1-2H3. The van der Waals surface area contributed by atoms with Crippen LogP contribution in [0.3, 0.4) is 0 Å². The molecule has 2 N–H and O–H groups in total. The molecule has 4 heteroatoms. The number of nitrogens with zero attached hydrogens (tertiary/aromatic N) is 2. The van der Waals surface area contributed by atoms with E-state index in [-0.39, 0.29) is 5.56 Å². The van der Waals surface area contributed by atoms with Crippen molar-refractivity contribution < 1.29 is 0 Å². The van der Waals surface area contributed by atoms with E-state index < -0.39 is 0 Å². The number of rotatable bonds is 1. The predicted octanol–water partition coefficient (Wildman–Crippen LogP) is 2.58. The summed E-state index contributed by atoms with van der Waals surface area (Å²) in [4.78, 5) is 17.2. The fraction of sp³-hybridized carbons (Fsp3) is 0.125. The molecule has 4 nitrogen and oxygen atoms in total. The Morgan fingerprint density at radius 1 is 1.05 bits per heavy atom. The van der Waals surface area contributed by atoms with Gasteiger partial charge in [-0.05, 0) is 55.8 Å². The number of hydrogen-bond donors (Lipinski definition) is 1. The molecule has 0 fully saturated rings. The lowest BCUT2D eigenvalue weighted by atomic mass is 10.1. The van der Waals surface area contributed by atoms with E-state index in [1.54, 1.807) is 16.7 Å². The first kappa shape index (κ1) is 12.4. The molecule has 0 saturated carbocycles. The zero-order valence-corrected chi connectivity index (χ0v) is 11.4. The van der Waals surface area contributed by atoms with Gasteiger partial charge in [-0.3, -0.25) is 9.36 Å². The van der Waals surface area contributed by atoms with Crippen molar-refractivity contribution in [1.29, 1.82) is 0 Å². The lowest BCUT2D eigenvalue weighted by Gasteiger charge is -2.11. The lowest BCUT2D eigenvalue weighted by molar-refractivity contribution is 0.895. The monoisotopic (exact) mass is 265 g/mol. The third-order valence-electron chi connectivity index (χ3n) is 3.34. The minimum Gasteiger partial charge on any atom is -0.399 e. The summed E-state index contributed by atoms with van der Waals surface area (Å²) in [7, 11) is 0. The van der Waals surface area contributed by atoms with Crippen LogP contribution in [0, 0.1) is 13.8 Å². The summed E-state index contributed by atoms with van der Waals surface area (Å²) in [5, 5.41) is 0.623. The first-order valence-electron chi connectivity index (χ1n) is 6.42. The SMILES string of the molecule is Cc1ccc2c(=O)n(-c3ccc(N)cc3)c(C)nc2c1. The molecule has 0 aliphatic heterocycles. The highest BCUT2D eigenvalue weighted by Crippen LogP contribution is 2.15. The normalized spacial score (nSPS) is 10.9. The van der Waals surface area contributed by atoms with Gasteiger partial charge in [0.15, 0.2) is 0 Å². The van der Waals surface area contributed by atoms with Gasteiger partial charge in [0.25, 0.3) is 5.56 Å². The third kappa shape index (κ3) is 1.95. The third-order valence-corrected chi connectivity index (χ3v) is 3.34. The Bertz CT molecular complexity index is 848. The van der Waals surface area contributed by atoms with Crippen LogP contribution in [-0.4, -0.2) is 9.55 Å².